The van der Waals surface area contributed by atoms with Gasteiger partial charge in [-0.3, -0.25) is 19.8 Å². The van der Waals surface area contributed by atoms with Crippen LogP contribution >= 0.6 is 0 Å². The summed E-state index contributed by atoms with van der Waals surface area (Å²) in [6.45, 7) is 7.12. The smallest absolute Gasteiger partial charge is 0.857 e. The van der Waals surface area contributed by atoms with Gasteiger partial charge in [0, 0.05) is 83.6 Å². The number of nitrogens with zero attached hydrogens (tertiary/aromatic N) is 2. The molecule has 4 atom stereocenters. The molecule has 4 aromatic carbocycles. The number of aliphatic hydroxyl groups is 2. The summed E-state index contributed by atoms with van der Waals surface area (Å²) >= 11 is 0. The molecule has 4 heterocycles. The van der Waals surface area contributed by atoms with Gasteiger partial charge in [-0.15, -0.1) is 0 Å². The number of aliphatic hydroxyl groups excluding tert-OH is 2. The Bertz CT molecular complexity index is 2450. The molecule has 0 unspecified atom stereocenters. The van der Waals surface area contributed by atoms with Gasteiger partial charge < -0.3 is 35.6 Å². The second-order valence-corrected chi connectivity index (χ2v) is 15.9. The van der Waals surface area contributed by atoms with Crippen LogP contribution in [0, 0.1) is 13.8 Å². The fourth-order valence-corrected chi connectivity index (χ4v) is 8.71. The van der Waals surface area contributed by atoms with E-state index in [9.17, 15) is 19.8 Å². The minimum absolute atomic E-state index is 0. The number of para-hydroxylation sites is 2. The van der Waals surface area contributed by atoms with E-state index in [4.69, 9.17) is 20.6 Å². The Morgan fingerprint density at radius 3 is 1.47 bits per heavy atom. The molecule has 10 N–H and O–H groups in total. The van der Waals surface area contributed by atoms with Crippen molar-refractivity contribution in [2.24, 2.45) is 5.90 Å². The molecule has 14 nitrogen and oxygen atoms in total. The van der Waals surface area contributed by atoms with E-state index in [1.807, 2.05) is 60.7 Å². The van der Waals surface area contributed by atoms with Gasteiger partial charge in [0.15, 0.2) is 0 Å². The first kappa shape index (κ1) is 51.7. The number of rotatable bonds is 12. The molecule has 0 bridgehead atoms. The second kappa shape index (κ2) is 25.5. The van der Waals surface area contributed by atoms with E-state index >= 15 is 0 Å². The molecule has 1 amide bonds. The fourth-order valence-electron chi connectivity index (χ4n) is 8.71. The van der Waals surface area contributed by atoms with Gasteiger partial charge in [0.2, 0.25) is 0 Å². The standard InChI is InChI=1S/C24H27N3O3.C24H26N2O3.CH3O.H3NO.Na/c1-16-22(21-4-2-3-5-23(21)25-16)13-19-12-20(28)15-27(19)14-18-8-6-17(7-9-18)10-11-24(29)26-30;1-16-22(21-4-2-3-5-23(21)25-16)13-19-12-20(27)15-26(19)14-18-8-6-17(7-9-18)10-11-24(28)29;2*1-2;/h2-11,19-20,25,28,30H,12-15H2,1H3,(H,26,29);2-11,19-20,25,27H,12-15H2,1H3,(H,28,29);1H3;2H,1H2;/q;;-1;;+1/b2*11-10+;;;/t2*19-,20+;;;/m11.../s1. The summed E-state index contributed by atoms with van der Waals surface area (Å²) in [4.78, 5) is 33.4. The number of aryl methyl sites for hydroxylation is 2. The van der Waals surface area contributed by atoms with Crippen LogP contribution in [-0.4, -0.2) is 102 Å². The monoisotopic (exact) mass is 882 g/mol. The van der Waals surface area contributed by atoms with Crippen molar-refractivity contribution in [3.63, 3.8) is 0 Å². The van der Waals surface area contributed by atoms with Crippen molar-refractivity contribution in [3.05, 3.63) is 154 Å². The third-order valence-corrected chi connectivity index (χ3v) is 11.6. The van der Waals surface area contributed by atoms with Gasteiger partial charge in [-0.2, -0.15) is 7.11 Å². The largest absolute Gasteiger partial charge is 1.00 e. The molecule has 64 heavy (non-hydrogen) atoms. The van der Waals surface area contributed by atoms with Gasteiger partial charge in [0.25, 0.3) is 5.91 Å². The number of aromatic amines is 2. The molecule has 8 rings (SSSR count). The van der Waals surface area contributed by atoms with Gasteiger partial charge in [-0.1, -0.05) is 84.9 Å². The molecule has 15 heteroatoms. The van der Waals surface area contributed by atoms with Crippen LogP contribution in [0.25, 0.3) is 34.0 Å². The zero-order valence-corrected chi connectivity index (χ0v) is 38.9. The molecule has 2 aliphatic rings. The SMILES string of the molecule is C[O-].Cc1[nH]c2ccccc2c1C[C@H]1C[C@H](O)CN1Cc1ccc(/C=C/C(=O)NO)cc1.Cc1[nH]c2ccccc2c1C[C@H]1C[C@H](O)CN1Cc1ccc(/C=C/C(=O)O)cc1.NO.[Na+]. The van der Waals surface area contributed by atoms with Crippen molar-refractivity contribution >= 4 is 45.8 Å². The molecule has 6 aromatic rings. The van der Waals surface area contributed by atoms with E-state index in [2.05, 4.69) is 75.9 Å². The zero-order valence-electron chi connectivity index (χ0n) is 36.9. The van der Waals surface area contributed by atoms with Crippen molar-refractivity contribution in [3.8, 4) is 0 Å². The maximum atomic E-state index is 11.1. The van der Waals surface area contributed by atoms with Crippen molar-refractivity contribution < 1.29 is 70.0 Å². The topological polar surface area (TPSA) is 234 Å². The average molecular weight is 883 g/mol. The number of β-amino-alcohol motifs (C(OH)–C–C–N with tert-alkyl or cyclic N) is 2. The number of hydroxylamine groups is 1. The third-order valence-electron chi connectivity index (χ3n) is 11.6. The molecule has 0 aliphatic carbocycles. The minimum Gasteiger partial charge on any atom is -0.857 e. The summed E-state index contributed by atoms with van der Waals surface area (Å²) in [5, 5.41) is 55.2. The molecule has 0 saturated carbocycles. The van der Waals surface area contributed by atoms with Crippen LogP contribution in [0.5, 0.6) is 0 Å². The number of carboxylic acids is 1. The fraction of sp³-hybridized carbons (Fsp3) is 0.306. The van der Waals surface area contributed by atoms with Crippen molar-refractivity contribution in [2.45, 2.75) is 76.9 Å². The molecular weight excluding hydrogens is 824 g/mol. The molecule has 2 aliphatic heterocycles. The molecule has 2 saturated heterocycles. The Morgan fingerprint density at radius 1 is 0.688 bits per heavy atom. The van der Waals surface area contributed by atoms with Crippen LogP contribution in [0.1, 0.15) is 57.6 Å². The Kier molecular flexibility index (Phi) is 20.6. The summed E-state index contributed by atoms with van der Waals surface area (Å²) < 4.78 is 0. The number of hydrogen-bond donors (Lipinski definition) is 9. The number of H-pyrrole nitrogens is 2. The first-order valence-electron chi connectivity index (χ1n) is 20.9. The van der Waals surface area contributed by atoms with Gasteiger partial charge in [0.05, 0.1) is 12.2 Å². The maximum absolute atomic E-state index is 11.1. The summed E-state index contributed by atoms with van der Waals surface area (Å²) in [6.07, 6.45) is 8.43. The van der Waals surface area contributed by atoms with E-state index in [0.29, 0.717) is 13.1 Å². The molecule has 0 radical (unpaired) electrons. The number of carbonyl (C=O) groups is 2. The van der Waals surface area contributed by atoms with Crippen LogP contribution in [0.15, 0.2) is 109 Å². The van der Waals surface area contributed by atoms with Gasteiger partial charge in [0.1, 0.15) is 0 Å². The number of carbonyl (C=O) groups excluding carboxylic acids is 1. The summed E-state index contributed by atoms with van der Waals surface area (Å²) in [7, 11) is 0.750. The van der Waals surface area contributed by atoms with E-state index in [1.165, 1.54) is 39.4 Å². The van der Waals surface area contributed by atoms with Gasteiger partial charge >= 0.3 is 35.5 Å². The number of aliphatic carboxylic acids is 1. The summed E-state index contributed by atoms with van der Waals surface area (Å²) in [5.74, 6) is 2.00. The number of aromatic nitrogens is 2. The van der Waals surface area contributed by atoms with Crippen LogP contribution in [0.4, 0.5) is 0 Å². The molecule has 334 valence electrons. The van der Waals surface area contributed by atoms with E-state index in [1.54, 1.807) is 17.6 Å². The quantitative estimate of drug-likeness (QED) is 0.0374. The molecular formula is C49H59N6NaO8. The number of likely N-dealkylation sites (tertiary alicyclic amines) is 2. The predicted molar refractivity (Wildman–Crippen MR) is 244 cm³/mol. The van der Waals surface area contributed by atoms with Crippen molar-refractivity contribution in [1.29, 1.82) is 0 Å². The van der Waals surface area contributed by atoms with E-state index in [0.717, 1.165) is 85.2 Å². The summed E-state index contributed by atoms with van der Waals surface area (Å²) in [5.41, 5.74) is 13.0. The minimum atomic E-state index is -0.949. The zero-order chi connectivity index (χ0) is 45.5. The Morgan fingerprint density at radius 2 is 1.08 bits per heavy atom. The molecule has 0 spiro atoms. The Balaban J connectivity index is 0.000000257. The van der Waals surface area contributed by atoms with Crippen LogP contribution in [0.3, 0.4) is 0 Å². The Hall–Kier alpha value is -4.94. The van der Waals surface area contributed by atoms with Crippen LogP contribution in [-0.2, 0) is 35.5 Å². The second-order valence-electron chi connectivity index (χ2n) is 15.9. The number of amides is 1. The first-order valence-corrected chi connectivity index (χ1v) is 20.9. The van der Waals surface area contributed by atoms with Gasteiger partial charge in [-0.25, -0.2) is 16.2 Å². The maximum Gasteiger partial charge on any atom is 1.00 e. The Labute approximate surface area is 395 Å². The number of benzene rings is 4. The normalized spacial score (nSPS) is 18.5. The number of hydrogen-bond acceptors (Lipinski definition) is 10. The van der Waals surface area contributed by atoms with Gasteiger partial charge in [-0.05, 0) is 97.2 Å². The van der Waals surface area contributed by atoms with E-state index in [-0.39, 0.29) is 53.8 Å². The van der Waals surface area contributed by atoms with Crippen molar-refractivity contribution in [2.75, 3.05) is 20.2 Å². The van der Waals surface area contributed by atoms with Crippen molar-refractivity contribution in [1.82, 2.24) is 25.2 Å². The first-order chi connectivity index (χ1) is 30.5. The number of nitrogens with two attached hydrogens (primary N) is 1. The average Bonchev–Trinajstić information content (AvgIpc) is 4.03. The molecule has 2 aromatic heterocycles. The number of nitrogens with one attached hydrogen (secondary N) is 3. The predicted octanol–water partition coefficient (Wildman–Crippen LogP) is 2.24. The van der Waals surface area contributed by atoms with Crippen LogP contribution in [0.2, 0.25) is 0 Å². The molecule has 2 fully saturated rings. The van der Waals surface area contributed by atoms with E-state index < -0.39 is 11.9 Å². The van der Waals surface area contributed by atoms with Crippen LogP contribution < -0.4 is 46.0 Å². The number of fused-ring (bicyclic) bond motifs is 2. The number of carboxylic acid groups (broad SMARTS) is 1. The summed E-state index contributed by atoms with van der Waals surface area (Å²) in [6, 6.07) is 33.2. The third kappa shape index (κ3) is 14.0.